The van der Waals surface area contributed by atoms with Crippen molar-refractivity contribution < 1.29 is 19.1 Å². The highest BCUT2D eigenvalue weighted by molar-refractivity contribution is 6.31. The molecule has 0 heterocycles. The Bertz CT molecular complexity index is 840. The molecule has 156 valence electrons. The maximum atomic E-state index is 13.2. The van der Waals surface area contributed by atoms with Crippen molar-refractivity contribution in [3.63, 3.8) is 0 Å². The molecule has 2 aromatic rings. The number of carbonyl (C=O) groups excluding carboxylic acids is 2. The van der Waals surface area contributed by atoms with Gasteiger partial charge in [0.25, 0.3) is 5.91 Å². The first-order chi connectivity index (χ1) is 13.8. The molecule has 2 rings (SSSR count). The van der Waals surface area contributed by atoms with E-state index in [1.54, 1.807) is 48.2 Å². The summed E-state index contributed by atoms with van der Waals surface area (Å²) in [5.41, 5.74) is 0.386. The van der Waals surface area contributed by atoms with E-state index >= 15 is 0 Å². The van der Waals surface area contributed by atoms with E-state index in [1.165, 1.54) is 0 Å². The van der Waals surface area contributed by atoms with Gasteiger partial charge in [-0.3, -0.25) is 4.79 Å². The molecule has 0 fully saturated rings. The zero-order valence-corrected chi connectivity index (χ0v) is 18.2. The van der Waals surface area contributed by atoms with E-state index in [2.05, 4.69) is 0 Å². The van der Waals surface area contributed by atoms with Crippen molar-refractivity contribution in [3.05, 3.63) is 64.7 Å². The van der Waals surface area contributed by atoms with Crippen LogP contribution >= 0.6 is 11.6 Å². The van der Waals surface area contributed by atoms with E-state index in [0.717, 1.165) is 5.56 Å². The largest absolute Gasteiger partial charge is 0.478 e. The topological polar surface area (TPSA) is 55.8 Å². The first kappa shape index (κ1) is 22.8. The van der Waals surface area contributed by atoms with Gasteiger partial charge in [0.15, 0.2) is 5.60 Å². The highest BCUT2D eigenvalue weighted by Gasteiger charge is 2.37. The molecule has 1 atom stereocenters. The smallest absolute Gasteiger partial charge is 0.338 e. The highest BCUT2D eigenvalue weighted by Crippen LogP contribution is 2.27. The van der Waals surface area contributed by atoms with Crippen molar-refractivity contribution in [2.75, 3.05) is 19.7 Å². The third-order valence-corrected chi connectivity index (χ3v) is 5.29. The molecule has 0 radical (unpaired) electrons. The van der Waals surface area contributed by atoms with E-state index in [-0.39, 0.29) is 12.5 Å². The fraction of sp³-hybridized carbons (Fsp3) is 0.391. The van der Waals surface area contributed by atoms with Crippen LogP contribution in [0.2, 0.25) is 5.02 Å². The number of esters is 1. The minimum atomic E-state index is -1.04. The van der Waals surface area contributed by atoms with Crippen LogP contribution in [0.3, 0.4) is 0 Å². The molecule has 0 saturated heterocycles. The molecule has 0 aliphatic heterocycles. The van der Waals surface area contributed by atoms with Crippen LogP contribution in [0.1, 0.15) is 43.1 Å². The Kier molecular flexibility index (Phi) is 8.09. The molecular weight excluding hydrogens is 390 g/mol. The van der Waals surface area contributed by atoms with E-state index in [0.29, 0.717) is 35.8 Å². The van der Waals surface area contributed by atoms with Gasteiger partial charge in [-0.1, -0.05) is 42.8 Å². The van der Waals surface area contributed by atoms with Crippen LogP contribution in [-0.2, 0) is 9.53 Å². The first-order valence-electron chi connectivity index (χ1n) is 9.77. The molecule has 2 aromatic carbocycles. The number of likely N-dealkylation sites (N-methyl/N-ethyl adjacent to an activating group) is 1. The van der Waals surface area contributed by atoms with Gasteiger partial charge < -0.3 is 14.4 Å². The van der Waals surface area contributed by atoms with Gasteiger partial charge in [-0.15, -0.1) is 0 Å². The summed E-state index contributed by atoms with van der Waals surface area (Å²) in [6.45, 7) is 8.35. The van der Waals surface area contributed by atoms with Gasteiger partial charge in [0.2, 0.25) is 0 Å². The summed E-state index contributed by atoms with van der Waals surface area (Å²) in [6.07, 6.45) is 0.484. The van der Waals surface area contributed by atoms with Crippen LogP contribution in [0.4, 0.5) is 0 Å². The molecule has 0 N–H and O–H groups in total. The Morgan fingerprint density at radius 1 is 1.10 bits per heavy atom. The predicted molar refractivity (Wildman–Crippen MR) is 114 cm³/mol. The van der Waals surface area contributed by atoms with Gasteiger partial charge in [-0.05, 0) is 57.0 Å². The van der Waals surface area contributed by atoms with Crippen LogP contribution < -0.4 is 4.74 Å². The third-order valence-electron chi connectivity index (χ3n) is 4.89. The summed E-state index contributed by atoms with van der Waals surface area (Å²) in [7, 11) is 0. The van der Waals surface area contributed by atoms with Crippen LogP contribution in [0.15, 0.2) is 48.5 Å². The second kappa shape index (κ2) is 10.3. The zero-order valence-electron chi connectivity index (χ0n) is 17.4. The number of ether oxygens (including phenoxy) is 2. The minimum absolute atomic E-state index is 0.115. The number of halogens is 1. The molecule has 0 saturated carbocycles. The van der Waals surface area contributed by atoms with Gasteiger partial charge in [0.05, 0.1) is 12.1 Å². The van der Waals surface area contributed by atoms with Crippen molar-refractivity contribution in [3.8, 4) is 5.75 Å². The third kappa shape index (κ3) is 5.97. The Labute approximate surface area is 177 Å². The van der Waals surface area contributed by atoms with Crippen molar-refractivity contribution in [1.82, 2.24) is 4.90 Å². The second-order valence-corrected chi connectivity index (χ2v) is 7.39. The van der Waals surface area contributed by atoms with Gasteiger partial charge in [-0.2, -0.15) is 0 Å². The summed E-state index contributed by atoms with van der Waals surface area (Å²) >= 11 is 6.18. The molecular formula is C23H28ClNO4. The Hall–Kier alpha value is -2.53. The van der Waals surface area contributed by atoms with Crippen molar-refractivity contribution in [2.24, 2.45) is 0 Å². The number of hydrogen-bond donors (Lipinski definition) is 0. The predicted octanol–water partition coefficient (Wildman–Crippen LogP) is 4.90. The first-order valence-corrected chi connectivity index (χ1v) is 10.1. The molecule has 1 unspecified atom stereocenters. The fourth-order valence-corrected chi connectivity index (χ4v) is 2.98. The number of amides is 1. The van der Waals surface area contributed by atoms with Crippen LogP contribution in [0, 0.1) is 6.92 Å². The van der Waals surface area contributed by atoms with Crippen molar-refractivity contribution in [2.45, 2.75) is 39.7 Å². The highest BCUT2D eigenvalue weighted by atomic mass is 35.5. The lowest BCUT2D eigenvalue weighted by Gasteiger charge is -2.34. The fourth-order valence-electron chi connectivity index (χ4n) is 2.81. The van der Waals surface area contributed by atoms with Gasteiger partial charge in [0.1, 0.15) is 12.4 Å². The normalized spacial score (nSPS) is 12.7. The lowest BCUT2D eigenvalue weighted by atomic mass is 10.0. The molecule has 1 amide bonds. The van der Waals surface area contributed by atoms with Crippen LogP contribution in [0.5, 0.6) is 5.75 Å². The molecule has 0 bridgehead atoms. The standard InChI is InChI=1S/C23H28ClNO4/c1-5-23(4,29-19-13-12-17(3)20(24)16-19)22(27)25(6-2)14-15-28-21(26)18-10-8-7-9-11-18/h7-13,16H,5-6,14-15H2,1-4H3. The number of aryl methyl sites for hydroxylation is 1. The molecule has 0 aliphatic carbocycles. The van der Waals surface area contributed by atoms with Gasteiger partial charge in [0, 0.05) is 11.6 Å². The number of carbonyl (C=O) groups is 2. The van der Waals surface area contributed by atoms with Crippen molar-refractivity contribution in [1.29, 1.82) is 0 Å². The average Bonchev–Trinajstić information content (AvgIpc) is 2.73. The molecule has 0 aromatic heterocycles. The molecule has 6 heteroatoms. The summed E-state index contributed by atoms with van der Waals surface area (Å²) in [6, 6.07) is 14.2. The van der Waals surface area contributed by atoms with E-state index < -0.39 is 11.6 Å². The Morgan fingerprint density at radius 3 is 2.38 bits per heavy atom. The van der Waals surface area contributed by atoms with Crippen molar-refractivity contribution >= 4 is 23.5 Å². The summed E-state index contributed by atoms with van der Waals surface area (Å²) in [5, 5.41) is 0.591. The number of hydrogen-bond acceptors (Lipinski definition) is 4. The number of nitrogens with zero attached hydrogens (tertiary/aromatic N) is 1. The van der Waals surface area contributed by atoms with Crippen LogP contribution in [0.25, 0.3) is 0 Å². The SMILES string of the molecule is CCN(CCOC(=O)c1ccccc1)C(=O)C(C)(CC)Oc1ccc(C)c(Cl)c1. The summed E-state index contributed by atoms with van der Waals surface area (Å²) < 4.78 is 11.4. The Balaban J connectivity index is 2.01. The van der Waals surface area contributed by atoms with Crippen LogP contribution in [-0.4, -0.2) is 42.1 Å². The monoisotopic (exact) mass is 417 g/mol. The summed E-state index contributed by atoms with van der Waals surface area (Å²) in [4.78, 5) is 26.9. The van der Waals surface area contributed by atoms with Gasteiger partial charge >= 0.3 is 5.97 Å². The lowest BCUT2D eigenvalue weighted by Crippen LogP contribution is -2.51. The van der Waals surface area contributed by atoms with E-state index in [9.17, 15) is 9.59 Å². The maximum Gasteiger partial charge on any atom is 0.338 e. The van der Waals surface area contributed by atoms with Gasteiger partial charge in [-0.25, -0.2) is 4.79 Å². The minimum Gasteiger partial charge on any atom is -0.478 e. The maximum absolute atomic E-state index is 13.2. The number of benzene rings is 2. The lowest BCUT2D eigenvalue weighted by molar-refractivity contribution is -0.147. The Morgan fingerprint density at radius 2 is 1.79 bits per heavy atom. The quantitative estimate of drug-likeness (QED) is 0.544. The molecule has 0 spiro atoms. The number of rotatable bonds is 9. The van der Waals surface area contributed by atoms with E-state index in [1.807, 2.05) is 32.9 Å². The second-order valence-electron chi connectivity index (χ2n) is 6.98. The molecule has 29 heavy (non-hydrogen) atoms. The summed E-state index contributed by atoms with van der Waals surface area (Å²) in [5.74, 6) is -0.0160. The van der Waals surface area contributed by atoms with E-state index in [4.69, 9.17) is 21.1 Å². The molecule has 5 nitrogen and oxygen atoms in total. The molecule has 0 aliphatic rings. The average molecular weight is 418 g/mol. The zero-order chi connectivity index (χ0) is 21.4.